The molecule has 3 rings (SSSR count). The zero-order chi connectivity index (χ0) is 15.0. The monoisotopic (exact) mass is 353 g/mol. The Morgan fingerprint density at radius 3 is 2.81 bits per heavy atom. The largest absolute Gasteiger partial charge is 0.370 e. The molecular weight excluding hydrogens is 334 g/mol. The summed E-state index contributed by atoms with van der Waals surface area (Å²) in [6.45, 7) is 2.05. The van der Waals surface area contributed by atoms with Crippen LogP contribution in [0.1, 0.15) is 24.8 Å². The van der Waals surface area contributed by atoms with Gasteiger partial charge in [0, 0.05) is 47.8 Å². The lowest BCUT2D eigenvalue weighted by atomic mass is 10.1. The third kappa shape index (κ3) is 2.79. The van der Waals surface area contributed by atoms with Crippen LogP contribution in [0.15, 0.2) is 18.2 Å². The number of benzene rings is 1. The van der Waals surface area contributed by atoms with E-state index >= 15 is 0 Å². The number of hydrogen-bond acceptors (Lipinski definition) is 4. The average Bonchev–Trinajstić information content (AvgIpc) is 2.71. The number of nitro benzene ring substituents is 1. The normalized spacial score (nSPS) is 25.9. The predicted molar refractivity (Wildman–Crippen MR) is 87.1 cm³/mol. The van der Waals surface area contributed by atoms with E-state index in [1.54, 1.807) is 6.07 Å². The maximum Gasteiger partial charge on any atom is 0.273 e. The lowest BCUT2D eigenvalue weighted by Gasteiger charge is -2.27. The fraction of sp³-hybridized carbons (Fsp3) is 0.600. The van der Waals surface area contributed by atoms with Crippen molar-refractivity contribution in [1.29, 1.82) is 0 Å². The number of likely N-dealkylation sites (N-methyl/N-ethyl adjacent to an activating group) is 1. The minimum absolute atomic E-state index is 0.198. The number of nitrogens with zero attached hydrogens (tertiary/aromatic N) is 3. The SMILES string of the molecule is CN1C2CCC1CN(c1ccc([N+](=O)[O-])c(CBr)c1)CC2. The summed E-state index contributed by atoms with van der Waals surface area (Å²) in [5.74, 6) is 0. The molecular formula is C15H20BrN3O2. The maximum absolute atomic E-state index is 11.0. The van der Waals surface area contributed by atoms with Crippen LogP contribution in [-0.4, -0.2) is 42.0 Å². The molecule has 114 valence electrons. The number of halogens is 1. The highest BCUT2D eigenvalue weighted by atomic mass is 79.9. The van der Waals surface area contributed by atoms with Crippen molar-refractivity contribution in [2.24, 2.45) is 0 Å². The fourth-order valence-corrected chi connectivity index (χ4v) is 4.05. The molecule has 21 heavy (non-hydrogen) atoms. The van der Waals surface area contributed by atoms with Crippen LogP contribution in [0, 0.1) is 10.1 Å². The van der Waals surface area contributed by atoms with Gasteiger partial charge in [0.05, 0.1) is 4.92 Å². The van der Waals surface area contributed by atoms with Gasteiger partial charge in [-0.1, -0.05) is 15.9 Å². The number of nitro groups is 1. The Hall–Kier alpha value is -1.14. The lowest BCUT2D eigenvalue weighted by Crippen LogP contribution is -2.36. The molecule has 0 N–H and O–H groups in total. The van der Waals surface area contributed by atoms with Gasteiger partial charge in [-0.15, -0.1) is 0 Å². The van der Waals surface area contributed by atoms with Gasteiger partial charge in [-0.3, -0.25) is 15.0 Å². The smallest absolute Gasteiger partial charge is 0.273 e. The summed E-state index contributed by atoms with van der Waals surface area (Å²) < 4.78 is 0. The van der Waals surface area contributed by atoms with Crippen molar-refractivity contribution in [2.45, 2.75) is 36.7 Å². The Balaban J connectivity index is 1.85. The minimum Gasteiger partial charge on any atom is -0.370 e. The molecule has 0 aliphatic carbocycles. The van der Waals surface area contributed by atoms with Crippen molar-refractivity contribution in [3.8, 4) is 0 Å². The molecule has 0 radical (unpaired) electrons. The van der Waals surface area contributed by atoms with E-state index in [9.17, 15) is 10.1 Å². The van der Waals surface area contributed by atoms with Crippen LogP contribution in [0.5, 0.6) is 0 Å². The van der Waals surface area contributed by atoms with Crippen LogP contribution in [0.25, 0.3) is 0 Å². The molecule has 0 saturated carbocycles. The van der Waals surface area contributed by atoms with E-state index < -0.39 is 0 Å². The number of fused-ring (bicyclic) bond motifs is 2. The second-order valence-corrected chi connectivity index (χ2v) is 6.55. The van der Waals surface area contributed by atoms with Gasteiger partial charge in [0.15, 0.2) is 0 Å². The Labute approximate surface area is 133 Å². The van der Waals surface area contributed by atoms with Crippen molar-refractivity contribution in [1.82, 2.24) is 4.90 Å². The van der Waals surface area contributed by atoms with Crippen LogP contribution in [0.2, 0.25) is 0 Å². The van der Waals surface area contributed by atoms with Crippen LogP contribution >= 0.6 is 15.9 Å². The van der Waals surface area contributed by atoms with Crippen molar-refractivity contribution in [3.05, 3.63) is 33.9 Å². The third-order valence-electron chi connectivity index (χ3n) is 4.92. The van der Waals surface area contributed by atoms with E-state index in [0.29, 0.717) is 17.4 Å². The molecule has 1 aromatic rings. The summed E-state index contributed by atoms with van der Waals surface area (Å²) in [4.78, 5) is 15.6. The first kappa shape index (κ1) is 14.8. The van der Waals surface area contributed by atoms with Crippen molar-refractivity contribution >= 4 is 27.3 Å². The van der Waals surface area contributed by atoms with Gasteiger partial charge < -0.3 is 4.90 Å². The predicted octanol–water partition coefficient (Wildman–Crippen LogP) is 3.16. The zero-order valence-corrected chi connectivity index (χ0v) is 13.8. The maximum atomic E-state index is 11.0. The van der Waals surface area contributed by atoms with E-state index in [4.69, 9.17) is 0 Å². The quantitative estimate of drug-likeness (QED) is 0.475. The van der Waals surface area contributed by atoms with E-state index in [0.717, 1.165) is 24.3 Å². The highest BCUT2D eigenvalue weighted by Crippen LogP contribution is 2.32. The topological polar surface area (TPSA) is 49.6 Å². The van der Waals surface area contributed by atoms with Gasteiger partial charge in [0.25, 0.3) is 5.69 Å². The molecule has 2 aliphatic heterocycles. The van der Waals surface area contributed by atoms with Gasteiger partial charge in [-0.2, -0.15) is 0 Å². The summed E-state index contributed by atoms with van der Waals surface area (Å²) in [7, 11) is 2.23. The first-order valence-electron chi connectivity index (χ1n) is 7.40. The van der Waals surface area contributed by atoms with Crippen LogP contribution < -0.4 is 4.90 Å². The molecule has 2 heterocycles. The molecule has 0 aromatic heterocycles. The Morgan fingerprint density at radius 1 is 1.33 bits per heavy atom. The molecule has 0 spiro atoms. The number of hydrogen-bond donors (Lipinski definition) is 0. The van der Waals surface area contributed by atoms with Crippen LogP contribution in [0.3, 0.4) is 0 Å². The molecule has 6 heteroatoms. The fourth-order valence-electron chi connectivity index (χ4n) is 3.60. The van der Waals surface area contributed by atoms with E-state index in [-0.39, 0.29) is 10.6 Å². The van der Waals surface area contributed by atoms with Crippen molar-refractivity contribution < 1.29 is 4.92 Å². The summed E-state index contributed by atoms with van der Waals surface area (Å²) in [5.41, 5.74) is 2.06. The number of anilines is 1. The van der Waals surface area contributed by atoms with Crippen molar-refractivity contribution in [2.75, 3.05) is 25.0 Å². The second-order valence-electron chi connectivity index (χ2n) is 5.99. The van der Waals surface area contributed by atoms with Gasteiger partial charge in [0.2, 0.25) is 0 Å². The second kappa shape index (κ2) is 5.93. The molecule has 5 nitrogen and oxygen atoms in total. The van der Waals surface area contributed by atoms with Crippen molar-refractivity contribution in [3.63, 3.8) is 0 Å². The third-order valence-corrected chi connectivity index (χ3v) is 5.52. The van der Waals surface area contributed by atoms with Gasteiger partial charge in [-0.25, -0.2) is 0 Å². The molecule has 2 unspecified atom stereocenters. The van der Waals surface area contributed by atoms with Gasteiger partial charge in [-0.05, 0) is 38.4 Å². The number of rotatable bonds is 3. The molecule has 2 aliphatic rings. The Kier molecular flexibility index (Phi) is 4.17. The van der Waals surface area contributed by atoms with E-state index in [1.165, 1.54) is 19.3 Å². The molecule has 2 saturated heterocycles. The van der Waals surface area contributed by atoms with Gasteiger partial charge >= 0.3 is 0 Å². The summed E-state index contributed by atoms with van der Waals surface area (Å²) in [6.07, 6.45) is 3.74. The molecule has 2 bridgehead atoms. The Morgan fingerprint density at radius 2 is 2.10 bits per heavy atom. The summed E-state index contributed by atoms with van der Waals surface area (Å²) in [6, 6.07) is 6.81. The van der Waals surface area contributed by atoms with E-state index in [1.807, 2.05) is 12.1 Å². The zero-order valence-electron chi connectivity index (χ0n) is 12.2. The summed E-state index contributed by atoms with van der Waals surface area (Å²) in [5, 5.41) is 11.5. The van der Waals surface area contributed by atoms with Crippen LogP contribution in [-0.2, 0) is 5.33 Å². The number of alkyl halides is 1. The molecule has 0 amide bonds. The highest BCUT2D eigenvalue weighted by molar-refractivity contribution is 9.08. The first-order chi connectivity index (χ1) is 10.1. The average molecular weight is 354 g/mol. The summed E-state index contributed by atoms with van der Waals surface area (Å²) >= 11 is 3.36. The van der Waals surface area contributed by atoms with Crippen LogP contribution in [0.4, 0.5) is 11.4 Å². The lowest BCUT2D eigenvalue weighted by molar-refractivity contribution is -0.385. The molecule has 2 fully saturated rings. The van der Waals surface area contributed by atoms with E-state index in [2.05, 4.69) is 32.8 Å². The Bertz CT molecular complexity index is 552. The molecule has 2 atom stereocenters. The highest BCUT2D eigenvalue weighted by Gasteiger charge is 2.34. The molecule has 1 aromatic carbocycles. The minimum atomic E-state index is -0.307. The first-order valence-corrected chi connectivity index (χ1v) is 8.52. The standard InChI is InChI=1S/C15H20BrN3O2/c1-17-12-2-3-14(17)10-18(7-6-12)13-4-5-15(19(20)21)11(8-13)9-16/h4-5,8,12,14H,2-3,6-7,9-10H2,1H3. The van der Waals surface area contributed by atoms with Gasteiger partial charge in [0.1, 0.15) is 0 Å².